The van der Waals surface area contributed by atoms with Gasteiger partial charge in [-0.3, -0.25) is 0 Å². The minimum absolute atomic E-state index is 0.943. The zero-order valence-electron chi connectivity index (χ0n) is 4.70. The molecule has 0 amide bonds. The molecule has 1 fully saturated rings. The van der Waals surface area contributed by atoms with E-state index in [1.807, 2.05) is 0 Å². The quantitative estimate of drug-likeness (QED) is 0.328. The lowest BCUT2D eigenvalue weighted by atomic mass is 10.5. The van der Waals surface area contributed by atoms with Crippen LogP contribution in [0, 0.1) is 12.0 Å². The van der Waals surface area contributed by atoms with Gasteiger partial charge in [0.15, 0.2) is 0 Å². The monoisotopic (exact) mass is 110 g/mol. The van der Waals surface area contributed by atoms with Crippen molar-refractivity contribution in [3.8, 4) is 12.0 Å². The molecule has 0 aromatic heterocycles. The maximum Gasteiger partial charge on any atom is 0.135 e. The summed E-state index contributed by atoms with van der Waals surface area (Å²) in [6.07, 6.45) is 6.68. The molecule has 0 aromatic rings. The van der Waals surface area contributed by atoms with Crippen molar-refractivity contribution in [3.63, 3.8) is 0 Å². The fourth-order valence-corrected chi connectivity index (χ4v) is 2.55. The highest BCUT2D eigenvalue weighted by atomic mass is 28.3. The van der Waals surface area contributed by atoms with E-state index in [1.165, 1.54) is 18.5 Å². The molecule has 0 unspecified atom stereocenters. The topological polar surface area (TPSA) is 0 Å². The molecule has 0 nitrogen and oxygen atoms in total. The third-order valence-corrected chi connectivity index (χ3v) is 5.42. The molecular weight excluding hydrogens is 100 g/mol. The molecule has 0 radical (unpaired) electrons. The Morgan fingerprint density at radius 2 is 2.14 bits per heavy atom. The number of hydrogen-bond acceptors (Lipinski definition) is 0. The van der Waals surface area contributed by atoms with Crippen molar-refractivity contribution < 1.29 is 0 Å². The van der Waals surface area contributed by atoms with Gasteiger partial charge < -0.3 is 0 Å². The molecule has 1 heteroatoms. The smallest absolute Gasteiger partial charge is 0.135 e. The van der Waals surface area contributed by atoms with Crippen LogP contribution >= 0.6 is 0 Å². The van der Waals surface area contributed by atoms with Gasteiger partial charge in [0.25, 0.3) is 0 Å². The Hall–Kier alpha value is -0.223. The van der Waals surface area contributed by atoms with Crippen LogP contribution in [0.15, 0.2) is 0 Å². The van der Waals surface area contributed by atoms with Crippen molar-refractivity contribution in [2.45, 2.75) is 25.1 Å². The van der Waals surface area contributed by atoms with Crippen LogP contribution in [-0.4, -0.2) is 8.07 Å². The summed E-state index contributed by atoms with van der Waals surface area (Å²) in [5.74, 6) is 0. The Morgan fingerprint density at radius 1 is 1.57 bits per heavy atom. The van der Waals surface area contributed by atoms with E-state index in [-0.39, 0.29) is 0 Å². The molecule has 0 saturated carbocycles. The lowest BCUT2D eigenvalue weighted by Gasteiger charge is -2.29. The summed E-state index contributed by atoms with van der Waals surface area (Å²) in [4.78, 5) is 0. The second-order valence-electron chi connectivity index (χ2n) is 2.56. The van der Waals surface area contributed by atoms with Gasteiger partial charge in [0.05, 0.1) is 0 Å². The predicted molar refractivity (Wildman–Crippen MR) is 34.7 cm³/mol. The largest absolute Gasteiger partial charge is 0.135 e. The van der Waals surface area contributed by atoms with Gasteiger partial charge in [-0.15, -0.1) is 12.0 Å². The molecule has 1 saturated heterocycles. The molecule has 1 heterocycles. The van der Waals surface area contributed by atoms with E-state index in [4.69, 9.17) is 6.42 Å². The number of terminal acetylenes is 1. The Bertz CT molecular complexity index is 106. The summed E-state index contributed by atoms with van der Waals surface area (Å²) in [5, 5.41) is 0. The van der Waals surface area contributed by atoms with Crippen molar-refractivity contribution in [3.05, 3.63) is 0 Å². The van der Waals surface area contributed by atoms with Crippen LogP contribution < -0.4 is 0 Å². The van der Waals surface area contributed by atoms with E-state index in [9.17, 15) is 0 Å². The lowest BCUT2D eigenvalue weighted by molar-refractivity contribution is 0.921. The maximum atomic E-state index is 5.28. The Kier molecular flexibility index (Phi) is 0.970. The van der Waals surface area contributed by atoms with E-state index in [2.05, 4.69) is 12.1 Å². The summed E-state index contributed by atoms with van der Waals surface area (Å²) in [7, 11) is -0.943. The van der Waals surface area contributed by atoms with Crippen molar-refractivity contribution in [1.82, 2.24) is 0 Å². The molecule has 1 rings (SSSR count). The van der Waals surface area contributed by atoms with Crippen LogP contribution in [0.2, 0.25) is 18.6 Å². The van der Waals surface area contributed by atoms with Gasteiger partial charge in [-0.2, -0.15) is 0 Å². The van der Waals surface area contributed by atoms with E-state index in [0.717, 1.165) is 0 Å². The van der Waals surface area contributed by atoms with Gasteiger partial charge >= 0.3 is 0 Å². The zero-order valence-corrected chi connectivity index (χ0v) is 5.70. The van der Waals surface area contributed by atoms with Crippen LogP contribution in [0.1, 0.15) is 6.42 Å². The Balaban J connectivity index is 2.48. The third kappa shape index (κ3) is 0.710. The van der Waals surface area contributed by atoms with Crippen LogP contribution in [0.4, 0.5) is 0 Å². The van der Waals surface area contributed by atoms with Gasteiger partial charge in [-0.25, -0.2) is 0 Å². The van der Waals surface area contributed by atoms with Crippen LogP contribution in [-0.2, 0) is 0 Å². The highest BCUT2D eigenvalue weighted by Crippen LogP contribution is 2.30. The van der Waals surface area contributed by atoms with E-state index >= 15 is 0 Å². The summed E-state index contributed by atoms with van der Waals surface area (Å²) in [6, 6.07) is 2.76. The lowest BCUT2D eigenvalue weighted by Crippen LogP contribution is -2.35. The van der Waals surface area contributed by atoms with E-state index in [0.29, 0.717) is 0 Å². The minimum atomic E-state index is -0.943. The standard InChI is InChI=1S/C6H10Si/c1-3-7(2)5-4-6-7/h1H,4-6H2,2H3. The van der Waals surface area contributed by atoms with Crippen LogP contribution in [0.25, 0.3) is 0 Å². The van der Waals surface area contributed by atoms with Gasteiger partial charge in [0.2, 0.25) is 0 Å². The first kappa shape index (κ1) is 4.92. The molecule has 1 aliphatic heterocycles. The third-order valence-electron chi connectivity index (χ3n) is 1.81. The van der Waals surface area contributed by atoms with Gasteiger partial charge in [-0.05, 0) is 12.1 Å². The second-order valence-corrected chi connectivity index (χ2v) is 6.97. The number of hydrogen-bond donors (Lipinski definition) is 0. The molecule has 38 valence electrons. The number of rotatable bonds is 0. The summed E-state index contributed by atoms with van der Waals surface area (Å²) in [5.41, 5.74) is 2.92. The molecule has 7 heavy (non-hydrogen) atoms. The van der Waals surface area contributed by atoms with Crippen molar-refractivity contribution in [2.75, 3.05) is 0 Å². The highest BCUT2D eigenvalue weighted by Gasteiger charge is 2.31. The zero-order chi connectivity index (χ0) is 5.33. The highest BCUT2D eigenvalue weighted by molar-refractivity contribution is 6.88. The maximum absolute atomic E-state index is 5.28. The fraction of sp³-hybridized carbons (Fsp3) is 0.667. The summed E-state index contributed by atoms with van der Waals surface area (Å²) >= 11 is 0. The predicted octanol–water partition coefficient (Wildman–Crippen LogP) is 1.64. The first-order chi connectivity index (χ1) is 3.27. The molecule has 0 aliphatic carbocycles. The molecular formula is C6H10Si. The summed E-state index contributed by atoms with van der Waals surface area (Å²) < 4.78 is 0. The molecule has 0 N–H and O–H groups in total. The van der Waals surface area contributed by atoms with Crippen molar-refractivity contribution in [2.24, 2.45) is 0 Å². The van der Waals surface area contributed by atoms with Crippen molar-refractivity contribution >= 4 is 8.07 Å². The molecule has 0 atom stereocenters. The first-order valence-corrected chi connectivity index (χ1v) is 5.66. The van der Waals surface area contributed by atoms with E-state index in [1.54, 1.807) is 0 Å². The fourth-order valence-electron chi connectivity index (χ4n) is 0.851. The Morgan fingerprint density at radius 3 is 2.14 bits per heavy atom. The van der Waals surface area contributed by atoms with Crippen LogP contribution in [0.3, 0.4) is 0 Å². The average molecular weight is 110 g/mol. The van der Waals surface area contributed by atoms with E-state index < -0.39 is 8.07 Å². The van der Waals surface area contributed by atoms with Crippen LogP contribution in [0.5, 0.6) is 0 Å². The second kappa shape index (κ2) is 1.38. The van der Waals surface area contributed by atoms with Crippen molar-refractivity contribution in [1.29, 1.82) is 0 Å². The normalized spacial score (nSPS) is 25.1. The van der Waals surface area contributed by atoms with Gasteiger partial charge in [0, 0.05) is 0 Å². The molecule has 0 aromatic carbocycles. The average Bonchev–Trinajstić information content (AvgIpc) is 1.61. The van der Waals surface area contributed by atoms with Gasteiger partial charge in [-0.1, -0.05) is 13.0 Å². The SMILES string of the molecule is C#C[Si]1(C)CCC1. The first-order valence-electron chi connectivity index (χ1n) is 2.75. The van der Waals surface area contributed by atoms with Gasteiger partial charge in [0.1, 0.15) is 8.07 Å². The molecule has 0 bridgehead atoms. The molecule has 1 aliphatic rings. The summed E-state index contributed by atoms with van der Waals surface area (Å²) in [6.45, 7) is 2.29. The molecule has 0 spiro atoms. The Labute approximate surface area is 45.9 Å². The minimum Gasteiger partial charge on any atom is -0.135 e.